The maximum absolute atomic E-state index is 11.6. The highest BCUT2D eigenvalue weighted by Gasteiger charge is 2.22. The summed E-state index contributed by atoms with van der Waals surface area (Å²) < 4.78 is 0. The van der Waals surface area contributed by atoms with Gasteiger partial charge in [-0.1, -0.05) is 13.8 Å². The van der Waals surface area contributed by atoms with Gasteiger partial charge in [0.05, 0.1) is 13.0 Å². The van der Waals surface area contributed by atoms with Crippen LogP contribution in [0.3, 0.4) is 0 Å². The topological polar surface area (TPSA) is 78.4 Å². The molecule has 0 aromatic heterocycles. The van der Waals surface area contributed by atoms with Gasteiger partial charge in [0.2, 0.25) is 5.91 Å². The number of nitrogens with one attached hydrogen (secondary N) is 2. The molecular formula is C12H22N2O3. The molecule has 0 aromatic carbocycles. The van der Waals surface area contributed by atoms with Crippen LogP contribution in [0.15, 0.2) is 0 Å². The molecule has 1 rings (SSSR count). The van der Waals surface area contributed by atoms with E-state index in [0.29, 0.717) is 0 Å². The van der Waals surface area contributed by atoms with E-state index in [1.54, 1.807) is 0 Å². The number of carboxylic acids is 1. The van der Waals surface area contributed by atoms with Crippen LogP contribution in [-0.2, 0) is 9.59 Å². The van der Waals surface area contributed by atoms with Gasteiger partial charge < -0.3 is 15.7 Å². The van der Waals surface area contributed by atoms with Crippen LogP contribution < -0.4 is 10.6 Å². The highest BCUT2D eigenvalue weighted by Crippen LogP contribution is 2.27. The standard InChI is InChI=1S/C12H22N2O3/c1-8(2)10(5-12(16)17)14-11(15)7-13-6-9-3-4-9/h8-10,13H,3-7H2,1-2H3,(H,14,15)(H,16,17). The van der Waals surface area contributed by atoms with Crippen molar-refractivity contribution in [2.75, 3.05) is 13.1 Å². The van der Waals surface area contributed by atoms with E-state index in [0.717, 1.165) is 12.5 Å². The molecule has 1 amide bonds. The number of amides is 1. The van der Waals surface area contributed by atoms with Crippen LogP contribution in [0.2, 0.25) is 0 Å². The van der Waals surface area contributed by atoms with Gasteiger partial charge >= 0.3 is 5.97 Å². The Balaban J connectivity index is 2.21. The zero-order valence-electron chi connectivity index (χ0n) is 10.5. The second kappa shape index (κ2) is 6.59. The quantitative estimate of drug-likeness (QED) is 0.582. The van der Waals surface area contributed by atoms with Crippen molar-refractivity contribution in [1.82, 2.24) is 10.6 Å². The normalized spacial score (nSPS) is 16.9. The number of rotatable bonds is 8. The molecule has 1 unspecified atom stereocenters. The summed E-state index contributed by atoms with van der Waals surface area (Å²) in [5.41, 5.74) is 0. The third-order valence-electron chi connectivity index (χ3n) is 2.96. The Morgan fingerprint density at radius 3 is 2.47 bits per heavy atom. The van der Waals surface area contributed by atoms with Crippen LogP contribution >= 0.6 is 0 Å². The molecule has 1 aliphatic rings. The average molecular weight is 242 g/mol. The third-order valence-corrected chi connectivity index (χ3v) is 2.96. The highest BCUT2D eigenvalue weighted by molar-refractivity contribution is 5.79. The van der Waals surface area contributed by atoms with Crippen LogP contribution in [0.25, 0.3) is 0 Å². The second-order valence-corrected chi connectivity index (χ2v) is 5.09. The fourth-order valence-electron chi connectivity index (χ4n) is 1.61. The first-order valence-electron chi connectivity index (χ1n) is 6.21. The number of aliphatic carboxylic acids is 1. The molecular weight excluding hydrogens is 220 g/mol. The van der Waals surface area contributed by atoms with Gasteiger partial charge in [0.1, 0.15) is 0 Å². The van der Waals surface area contributed by atoms with Crippen molar-refractivity contribution in [3.05, 3.63) is 0 Å². The maximum Gasteiger partial charge on any atom is 0.305 e. The van der Waals surface area contributed by atoms with Gasteiger partial charge in [-0.3, -0.25) is 9.59 Å². The molecule has 1 atom stereocenters. The van der Waals surface area contributed by atoms with Gasteiger partial charge in [-0.25, -0.2) is 0 Å². The molecule has 1 saturated carbocycles. The highest BCUT2D eigenvalue weighted by atomic mass is 16.4. The van der Waals surface area contributed by atoms with E-state index < -0.39 is 5.97 Å². The fraction of sp³-hybridized carbons (Fsp3) is 0.833. The summed E-state index contributed by atoms with van der Waals surface area (Å²) in [6.45, 7) is 4.98. The van der Waals surface area contributed by atoms with Crippen molar-refractivity contribution < 1.29 is 14.7 Å². The zero-order chi connectivity index (χ0) is 12.8. The lowest BCUT2D eigenvalue weighted by atomic mass is 10.0. The fourth-order valence-corrected chi connectivity index (χ4v) is 1.61. The minimum absolute atomic E-state index is 0.0218. The molecule has 1 fully saturated rings. The number of carboxylic acid groups (broad SMARTS) is 1. The molecule has 98 valence electrons. The van der Waals surface area contributed by atoms with Crippen LogP contribution in [-0.4, -0.2) is 36.1 Å². The number of hydrogen-bond donors (Lipinski definition) is 3. The van der Waals surface area contributed by atoms with Crippen molar-refractivity contribution >= 4 is 11.9 Å². The minimum Gasteiger partial charge on any atom is -0.481 e. The third kappa shape index (κ3) is 6.26. The van der Waals surface area contributed by atoms with E-state index in [2.05, 4.69) is 10.6 Å². The van der Waals surface area contributed by atoms with E-state index in [-0.39, 0.29) is 30.8 Å². The molecule has 0 radical (unpaired) electrons. The molecule has 5 nitrogen and oxygen atoms in total. The van der Waals surface area contributed by atoms with E-state index >= 15 is 0 Å². The SMILES string of the molecule is CC(C)C(CC(=O)O)NC(=O)CNCC1CC1. The summed E-state index contributed by atoms with van der Waals surface area (Å²) >= 11 is 0. The monoisotopic (exact) mass is 242 g/mol. The minimum atomic E-state index is -0.880. The summed E-state index contributed by atoms with van der Waals surface area (Å²) in [6.07, 6.45) is 2.48. The second-order valence-electron chi connectivity index (χ2n) is 5.09. The van der Waals surface area contributed by atoms with Gasteiger partial charge in [-0.15, -0.1) is 0 Å². The van der Waals surface area contributed by atoms with Gasteiger partial charge in [-0.05, 0) is 31.2 Å². The van der Waals surface area contributed by atoms with Crippen molar-refractivity contribution in [1.29, 1.82) is 0 Å². The lowest BCUT2D eigenvalue weighted by Gasteiger charge is -2.20. The van der Waals surface area contributed by atoms with Gasteiger partial charge in [0.15, 0.2) is 0 Å². The van der Waals surface area contributed by atoms with Gasteiger partial charge in [-0.2, -0.15) is 0 Å². The molecule has 0 spiro atoms. The molecule has 0 aromatic rings. The van der Waals surface area contributed by atoms with Crippen molar-refractivity contribution in [2.45, 2.75) is 39.2 Å². The Morgan fingerprint density at radius 1 is 1.35 bits per heavy atom. The largest absolute Gasteiger partial charge is 0.481 e. The molecule has 17 heavy (non-hydrogen) atoms. The molecule has 0 heterocycles. The first-order chi connectivity index (χ1) is 7.99. The molecule has 5 heteroatoms. The summed E-state index contributed by atoms with van der Waals surface area (Å²) in [5, 5.41) is 14.6. The van der Waals surface area contributed by atoms with E-state index in [1.807, 2.05) is 13.8 Å². The maximum atomic E-state index is 11.6. The Morgan fingerprint density at radius 2 is 2.00 bits per heavy atom. The first-order valence-corrected chi connectivity index (χ1v) is 6.21. The smallest absolute Gasteiger partial charge is 0.305 e. The predicted octanol–water partition coefficient (Wildman–Crippen LogP) is 0.602. The summed E-state index contributed by atoms with van der Waals surface area (Å²) in [7, 11) is 0. The molecule has 0 saturated heterocycles. The molecule has 3 N–H and O–H groups in total. The molecule has 1 aliphatic carbocycles. The Labute approximate surface area is 102 Å². The summed E-state index contributed by atoms with van der Waals surface area (Å²) in [4.78, 5) is 22.2. The van der Waals surface area contributed by atoms with E-state index in [4.69, 9.17) is 5.11 Å². The summed E-state index contributed by atoms with van der Waals surface area (Å²) in [6, 6.07) is -0.289. The lowest BCUT2D eigenvalue weighted by Crippen LogP contribution is -2.44. The summed E-state index contributed by atoms with van der Waals surface area (Å²) in [5.74, 6) is -0.137. The van der Waals surface area contributed by atoms with Crippen LogP contribution in [0.1, 0.15) is 33.1 Å². The van der Waals surface area contributed by atoms with E-state index in [1.165, 1.54) is 12.8 Å². The molecule has 0 aliphatic heterocycles. The molecule has 0 bridgehead atoms. The predicted molar refractivity (Wildman–Crippen MR) is 64.6 cm³/mol. The first kappa shape index (κ1) is 14.0. The number of hydrogen-bond acceptors (Lipinski definition) is 3. The van der Waals surface area contributed by atoms with Crippen molar-refractivity contribution in [3.8, 4) is 0 Å². The zero-order valence-corrected chi connectivity index (χ0v) is 10.5. The van der Waals surface area contributed by atoms with Gasteiger partial charge in [0.25, 0.3) is 0 Å². The van der Waals surface area contributed by atoms with Crippen molar-refractivity contribution in [3.63, 3.8) is 0 Å². The Bertz CT molecular complexity index is 275. The Hall–Kier alpha value is -1.10. The van der Waals surface area contributed by atoms with Crippen LogP contribution in [0.4, 0.5) is 0 Å². The van der Waals surface area contributed by atoms with Crippen LogP contribution in [0.5, 0.6) is 0 Å². The van der Waals surface area contributed by atoms with Gasteiger partial charge in [0, 0.05) is 6.04 Å². The number of carbonyl (C=O) groups is 2. The van der Waals surface area contributed by atoms with Crippen molar-refractivity contribution in [2.24, 2.45) is 11.8 Å². The lowest BCUT2D eigenvalue weighted by molar-refractivity contribution is -0.138. The van der Waals surface area contributed by atoms with E-state index in [9.17, 15) is 9.59 Å². The average Bonchev–Trinajstić information content (AvgIpc) is 2.99. The van der Waals surface area contributed by atoms with Crippen LogP contribution in [0, 0.1) is 11.8 Å². The Kier molecular flexibility index (Phi) is 5.41. The number of carbonyl (C=O) groups excluding carboxylic acids is 1.